The van der Waals surface area contributed by atoms with Crippen LogP contribution in [0.1, 0.15) is 26.5 Å². The molecule has 2 aromatic heterocycles. The van der Waals surface area contributed by atoms with Gasteiger partial charge in [0.1, 0.15) is 12.4 Å². The topological polar surface area (TPSA) is 83.2 Å². The molecule has 3 heterocycles. The number of ether oxygens (including phenoxy) is 2. The largest absolute Gasteiger partial charge is 0.454 e. The molecule has 0 aliphatic carbocycles. The molecule has 28 heavy (non-hydrogen) atoms. The van der Waals surface area contributed by atoms with Gasteiger partial charge in [-0.1, -0.05) is 20.8 Å². The molecule has 0 radical (unpaired) electrons. The lowest BCUT2D eigenvalue weighted by molar-refractivity contribution is -0.116. The minimum Gasteiger partial charge on any atom is -0.454 e. The van der Waals surface area contributed by atoms with Crippen LogP contribution in [0.15, 0.2) is 36.5 Å². The summed E-state index contributed by atoms with van der Waals surface area (Å²) in [6, 6.07) is 9.44. The van der Waals surface area contributed by atoms with E-state index >= 15 is 0 Å². The second kappa shape index (κ2) is 6.70. The summed E-state index contributed by atoms with van der Waals surface area (Å²) < 4.78 is 14.0. The van der Waals surface area contributed by atoms with Gasteiger partial charge in [0.25, 0.3) is 0 Å². The Morgan fingerprint density at radius 2 is 1.93 bits per heavy atom. The first-order chi connectivity index (χ1) is 13.3. The van der Waals surface area contributed by atoms with Crippen molar-refractivity contribution in [3.63, 3.8) is 0 Å². The Labute approximate surface area is 163 Å². The summed E-state index contributed by atoms with van der Waals surface area (Å²) in [5.74, 6) is 1.94. The fourth-order valence-corrected chi connectivity index (χ4v) is 2.94. The van der Waals surface area contributed by atoms with Gasteiger partial charge in [-0.3, -0.25) is 14.2 Å². The van der Waals surface area contributed by atoms with E-state index in [-0.39, 0.29) is 24.7 Å². The smallest absolute Gasteiger partial charge is 0.247 e. The first-order valence-electron chi connectivity index (χ1n) is 9.07. The van der Waals surface area contributed by atoms with Crippen LogP contribution >= 0.6 is 0 Å². The van der Waals surface area contributed by atoms with Crippen molar-refractivity contribution < 1.29 is 14.3 Å². The summed E-state index contributed by atoms with van der Waals surface area (Å²) in [5, 5.41) is 11.9. The number of rotatable bonds is 4. The highest BCUT2D eigenvalue weighted by molar-refractivity contribution is 5.89. The molecule has 0 bridgehead atoms. The van der Waals surface area contributed by atoms with Crippen molar-refractivity contribution in [3.8, 4) is 22.8 Å². The normalized spacial score (nSPS) is 13.0. The molecule has 0 atom stereocenters. The third-order valence-electron chi connectivity index (χ3n) is 4.53. The first-order valence-corrected chi connectivity index (χ1v) is 9.07. The molecule has 0 saturated carbocycles. The SMILES string of the molecule is Cn1nc(C(C)(C)C)cc1NC(=O)Cn1ccc(-c2ccc3c(c2)OCO3)n1. The summed E-state index contributed by atoms with van der Waals surface area (Å²) in [7, 11) is 1.82. The molecule has 1 amide bonds. The third-order valence-corrected chi connectivity index (χ3v) is 4.53. The number of anilines is 1. The zero-order chi connectivity index (χ0) is 19.9. The Bertz CT molecular complexity index is 1030. The number of hydrogen-bond donors (Lipinski definition) is 1. The molecule has 1 aliphatic heterocycles. The number of carbonyl (C=O) groups excluding carboxylic acids is 1. The average Bonchev–Trinajstić information content (AvgIpc) is 3.34. The van der Waals surface area contributed by atoms with Crippen LogP contribution in [0.2, 0.25) is 0 Å². The van der Waals surface area contributed by atoms with Crippen molar-refractivity contribution >= 4 is 11.7 Å². The second-order valence-corrected chi connectivity index (χ2v) is 7.80. The molecule has 0 saturated heterocycles. The van der Waals surface area contributed by atoms with Crippen LogP contribution in [0.25, 0.3) is 11.3 Å². The van der Waals surface area contributed by atoms with Gasteiger partial charge in [0, 0.05) is 30.3 Å². The predicted octanol–water partition coefficient (Wildman–Crippen LogP) is 2.95. The van der Waals surface area contributed by atoms with Gasteiger partial charge in [-0.2, -0.15) is 10.2 Å². The summed E-state index contributed by atoms with van der Waals surface area (Å²) >= 11 is 0. The van der Waals surface area contributed by atoms with Gasteiger partial charge < -0.3 is 14.8 Å². The number of amides is 1. The van der Waals surface area contributed by atoms with E-state index in [2.05, 4.69) is 36.3 Å². The highest BCUT2D eigenvalue weighted by atomic mass is 16.7. The second-order valence-electron chi connectivity index (χ2n) is 7.80. The molecule has 0 unspecified atom stereocenters. The number of nitrogens with zero attached hydrogens (tertiary/aromatic N) is 4. The van der Waals surface area contributed by atoms with Crippen LogP contribution in [-0.2, 0) is 23.8 Å². The first kappa shape index (κ1) is 18.1. The molecule has 0 fully saturated rings. The highest BCUT2D eigenvalue weighted by Gasteiger charge is 2.20. The summed E-state index contributed by atoms with van der Waals surface area (Å²) in [5.41, 5.74) is 2.52. The summed E-state index contributed by atoms with van der Waals surface area (Å²) in [6.45, 7) is 6.60. The fraction of sp³-hybridized carbons (Fsp3) is 0.350. The van der Waals surface area contributed by atoms with E-state index in [1.54, 1.807) is 15.6 Å². The average molecular weight is 381 g/mol. The zero-order valence-corrected chi connectivity index (χ0v) is 16.4. The van der Waals surface area contributed by atoms with Gasteiger partial charge in [0.15, 0.2) is 11.5 Å². The van der Waals surface area contributed by atoms with E-state index < -0.39 is 0 Å². The van der Waals surface area contributed by atoms with Gasteiger partial charge >= 0.3 is 0 Å². The minimum atomic E-state index is -0.163. The highest BCUT2D eigenvalue weighted by Crippen LogP contribution is 2.35. The molecule has 1 aromatic carbocycles. The molecular formula is C20H23N5O3. The molecule has 0 spiro atoms. The van der Waals surface area contributed by atoms with Crippen molar-refractivity contribution in [2.24, 2.45) is 7.05 Å². The lowest BCUT2D eigenvalue weighted by Crippen LogP contribution is -2.20. The van der Waals surface area contributed by atoms with Crippen LogP contribution in [0, 0.1) is 0 Å². The maximum absolute atomic E-state index is 12.4. The molecule has 3 aromatic rings. The van der Waals surface area contributed by atoms with Crippen molar-refractivity contribution in [2.45, 2.75) is 32.7 Å². The quantitative estimate of drug-likeness (QED) is 0.751. The van der Waals surface area contributed by atoms with Crippen LogP contribution < -0.4 is 14.8 Å². The lowest BCUT2D eigenvalue weighted by atomic mass is 9.92. The van der Waals surface area contributed by atoms with Crippen molar-refractivity contribution in [2.75, 3.05) is 12.1 Å². The minimum absolute atomic E-state index is 0.0811. The number of fused-ring (bicyclic) bond motifs is 1. The van der Waals surface area contributed by atoms with Gasteiger partial charge in [-0.15, -0.1) is 0 Å². The Balaban J connectivity index is 1.44. The molecule has 1 aliphatic rings. The maximum atomic E-state index is 12.4. The van der Waals surface area contributed by atoms with Gasteiger partial charge in [0.2, 0.25) is 12.7 Å². The van der Waals surface area contributed by atoms with E-state index in [0.29, 0.717) is 11.6 Å². The Morgan fingerprint density at radius 3 is 2.68 bits per heavy atom. The van der Waals surface area contributed by atoms with Gasteiger partial charge in [-0.05, 0) is 24.3 Å². The van der Waals surface area contributed by atoms with E-state index in [0.717, 1.165) is 22.7 Å². The lowest BCUT2D eigenvalue weighted by Gasteiger charge is -2.13. The molecule has 146 valence electrons. The van der Waals surface area contributed by atoms with Crippen LogP contribution in [-0.4, -0.2) is 32.3 Å². The summed E-state index contributed by atoms with van der Waals surface area (Å²) in [6.07, 6.45) is 1.78. The van der Waals surface area contributed by atoms with Crippen molar-refractivity contribution in [1.82, 2.24) is 19.6 Å². The Morgan fingerprint density at radius 1 is 1.14 bits per heavy atom. The van der Waals surface area contributed by atoms with Gasteiger partial charge in [0.05, 0.1) is 11.4 Å². The number of benzene rings is 1. The standard InChI is InChI=1S/C20H23N5O3/c1-20(2,3)17-10-18(24(4)23-17)21-19(26)11-25-8-7-14(22-25)13-5-6-15-16(9-13)28-12-27-15/h5-10H,11-12H2,1-4H3,(H,21,26). The van der Waals surface area contributed by atoms with Gasteiger partial charge in [-0.25, -0.2) is 0 Å². The fourth-order valence-electron chi connectivity index (χ4n) is 2.94. The molecule has 8 heteroatoms. The van der Waals surface area contributed by atoms with Crippen molar-refractivity contribution in [3.05, 3.63) is 42.2 Å². The van der Waals surface area contributed by atoms with Crippen LogP contribution in [0.3, 0.4) is 0 Å². The predicted molar refractivity (Wildman–Crippen MR) is 104 cm³/mol. The number of aryl methyl sites for hydroxylation is 1. The Hall–Kier alpha value is -3.29. The molecule has 1 N–H and O–H groups in total. The monoisotopic (exact) mass is 381 g/mol. The summed E-state index contributed by atoms with van der Waals surface area (Å²) in [4.78, 5) is 12.4. The van der Waals surface area contributed by atoms with E-state index in [1.165, 1.54) is 0 Å². The maximum Gasteiger partial charge on any atom is 0.247 e. The van der Waals surface area contributed by atoms with E-state index in [1.807, 2.05) is 37.4 Å². The van der Waals surface area contributed by atoms with E-state index in [9.17, 15) is 4.79 Å². The van der Waals surface area contributed by atoms with E-state index in [4.69, 9.17) is 9.47 Å². The molecule has 4 rings (SSSR count). The zero-order valence-electron chi connectivity index (χ0n) is 16.4. The number of aromatic nitrogens is 4. The van der Waals surface area contributed by atoms with Crippen LogP contribution in [0.4, 0.5) is 5.82 Å². The number of carbonyl (C=O) groups is 1. The van der Waals surface area contributed by atoms with Crippen LogP contribution in [0.5, 0.6) is 11.5 Å². The number of hydrogen-bond acceptors (Lipinski definition) is 5. The number of nitrogens with one attached hydrogen (secondary N) is 1. The Kier molecular flexibility index (Phi) is 4.33. The van der Waals surface area contributed by atoms with Crippen molar-refractivity contribution in [1.29, 1.82) is 0 Å². The molecule has 8 nitrogen and oxygen atoms in total. The third kappa shape index (κ3) is 3.58. The molecular weight excluding hydrogens is 358 g/mol.